The Bertz CT molecular complexity index is 800. The van der Waals surface area contributed by atoms with Gasteiger partial charge in [0.15, 0.2) is 0 Å². The number of hydrogen-bond acceptors (Lipinski definition) is 4. The van der Waals surface area contributed by atoms with Gasteiger partial charge in [-0.15, -0.1) is 5.92 Å². The summed E-state index contributed by atoms with van der Waals surface area (Å²) in [6, 6.07) is 7.43. The van der Waals surface area contributed by atoms with E-state index in [0.29, 0.717) is 25.2 Å². The maximum atomic E-state index is 11.7. The summed E-state index contributed by atoms with van der Waals surface area (Å²) in [5.74, 6) is 5.35. The van der Waals surface area contributed by atoms with Crippen molar-refractivity contribution in [2.75, 3.05) is 6.61 Å². The molecule has 0 unspecified atom stereocenters. The van der Waals surface area contributed by atoms with Crippen molar-refractivity contribution in [2.45, 2.75) is 57.8 Å². The number of Topliss-reactive ketones (excluding diaryl/α,β-unsaturated/α-hetero) is 1. The zero-order chi connectivity index (χ0) is 19.3. The molecule has 1 saturated carbocycles. The molecule has 1 fully saturated rings. The topological polar surface area (TPSA) is 66.4 Å². The van der Waals surface area contributed by atoms with E-state index in [1.165, 1.54) is 5.57 Å². The van der Waals surface area contributed by atoms with Crippen molar-refractivity contribution in [3.05, 3.63) is 41.5 Å². The van der Waals surface area contributed by atoms with Crippen molar-refractivity contribution in [1.29, 1.82) is 0 Å². The molecule has 2 aliphatic carbocycles. The summed E-state index contributed by atoms with van der Waals surface area (Å²) < 4.78 is 5.93. The van der Waals surface area contributed by atoms with Gasteiger partial charge in [0, 0.05) is 25.2 Å². The van der Waals surface area contributed by atoms with Gasteiger partial charge in [0.05, 0.1) is 5.92 Å². The minimum atomic E-state index is -1.10. The Hall–Kier alpha value is -1.54. The van der Waals surface area contributed by atoms with Crippen LogP contribution >= 0.6 is 0 Å². The molecule has 5 heteroatoms. The molecule has 0 N–H and O–H groups in total. The first-order valence-corrected chi connectivity index (χ1v) is 9.57. The number of rotatable bonds is 6. The number of carbonyl (C=O) groups excluding carboxylic acids is 2. The van der Waals surface area contributed by atoms with Gasteiger partial charge in [-0.1, -0.05) is 24.1 Å². The van der Waals surface area contributed by atoms with Crippen LogP contribution in [0.3, 0.4) is 0 Å². The van der Waals surface area contributed by atoms with E-state index in [1.54, 1.807) is 6.92 Å². The summed E-state index contributed by atoms with van der Waals surface area (Å²) in [6.45, 7) is 2.23. The third-order valence-corrected chi connectivity index (χ3v) is 5.53. The Kier molecular flexibility index (Phi) is 8.37. The molecule has 4 nitrogen and oxygen atoms in total. The molecule has 2 atom stereocenters. The van der Waals surface area contributed by atoms with Gasteiger partial charge in [-0.05, 0) is 61.3 Å². The normalized spacial score (nSPS) is 21.9. The zero-order valence-electron chi connectivity index (χ0n) is 16.8. The summed E-state index contributed by atoms with van der Waals surface area (Å²) in [7, 11) is 0. The van der Waals surface area contributed by atoms with E-state index in [-0.39, 0.29) is 47.3 Å². The van der Waals surface area contributed by atoms with Crippen molar-refractivity contribution in [2.24, 2.45) is 5.41 Å². The Labute approximate surface area is 189 Å². The minimum absolute atomic E-state index is 0. The van der Waals surface area contributed by atoms with Gasteiger partial charge in [-0.2, -0.15) is 0 Å². The molecular formula is C23H25NaO4. The van der Waals surface area contributed by atoms with Crippen molar-refractivity contribution < 1.29 is 49.0 Å². The van der Waals surface area contributed by atoms with Crippen molar-refractivity contribution in [1.82, 2.24) is 0 Å². The molecule has 0 heterocycles. The quantitative estimate of drug-likeness (QED) is 0.396. The average molecular weight is 388 g/mol. The van der Waals surface area contributed by atoms with E-state index in [1.807, 2.05) is 24.3 Å². The van der Waals surface area contributed by atoms with Crippen LogP contribution < -0.4 is 39.4 Å². The molecule has 0 aliphatic heterocycles. The van der Waals surface area contributed by atoms with Gasteiger partial charge in [-0.3, -0.25) is 4.79 Å². The summed E-state index contributed by atoms with van der Waals surface area (Å²) in [5, 5.41) is 10.9. The van der Waals surface area contributed by atoms with Crippen molar-refractivity contribution in [3.8, 4) is 17.6 Å². The summed E-state index contributed by atoms with van der Waals surface area (Å²) in [4.78, 5) is 22.6. The predicted molar refractivity (Wildman–Crippen MR) is 101 cm³/mol. The Morgan fingerprint density at radius 1 is 1.25 bits per heavy atom. The van der Waals surface area contributed by atoms with Gasteiger partial charge in [-0.25, -0.2) is 0 Å². The van der Waals surface area contributed by atoms with Crippen LogP contribution in [0.4, 0.5) is 0 Å². The molecule has 1 spiro atoms. The van der Waals surface area contributed by atoms with Crippen LogP contribution in [0.15, 0.2) is 35.9 Å². The van der Waals surface area contributed by atoms with Crippen LogP contribution in [-0.2, 0) is 9.59 Å². The fraction of sp³-hybridized carbons (Fsp3) is 0.478. The second-order valence-corrected chi connectivity index (χ2v) is 7.61. The van der Waals surface area contributed by atoms with Crippen molar-refractivity contribution >= 4 is 11.8 Å². The third-order valence-electron chi connectivity index (χ3n) is 5.53. The predicted octanol–water partition coefficient (Wildman–Crippen LogP) is 0.166. The number of carboxylic acid groups (broad SMARTS) is 1. The number of ketones is 1. The average Bonchev–Trinajstić information content (AvgIpc) is 2.99. The Balaban J connectivity index is 0.00000280. The molecule has 0 saturated heterocycles. The first-order valence-electron chi connectivity index (χ1n) is 9.57. The van der Waals surface area contributed by atoms with E-state index in [0.717, 1.165) is 37.0 Å². The van der Waals surface area contributed by atoms with E-state index >= 15 is 0 Å². The fourth-order valence-corrected chi connectivity index (χ4v) is 4.22. The first-order chi connectivity index (χ1) is 13.0. The SMILES string of the molecule is CC#C[C@@H](CC(=O)[O-])c1ccc(OCC2=C[C@]3(CCC2)CCC(=O)C3)cc1.[Na+]. The fourth-order valence-electron chi connectivity index (χ4n) is 4.22. The number of carboxylic acids is 1. The largest absolute Gasteiger partial charge is 1.00 e. The molecule has 0 bridgehead atoms. The maximum Gasteiger partial charge on any atom is 1.00 e. The second-order valence-electron chi connectivity index (χ2n) is 7.61. The molecule has 2 aliphatic rings. The number of allylic oxidation sites excluding steroid dienone is 1. The zero-order valence-corrected chi connectivity index (χ0v) is 18.8. The van der Waals surface area contributed by atoms with E-state index in [9.17, 15) is 14.7 Å². The monoisotopic (exact) mass is 388 g/mol. The van der Waals surface area contributed by atoms with Gasteiger partial charge in [0.2, 0.25) is 0 Å². The second kappa shape index (κ2) is 10.3. The summed E-state index contributed by atoms with van der Waals surface area (Å²) in [6.07, 6.45) is 7.79. The Morgan fingerprint density at radius 2 is 2.00 bits per heavy atom. The summed E-state index contributed by atoms with van der Waals surface area (Å²) >= 11 is 0. The van der Waals surface area contributed by atoms with Crippen molar-refractivity contribution in [3.63, 3.8) is 0 Å². The molecular weight excluding hydrogens is 363 g/mol. The maximum absolute atomic E-state index is 11.7. The molecule has 0 aromatic heterocycles. The van der Waals surface area contributed by atoms with Crippen LogP contribution in [0, 0.1) is 17.3 Å². The van der Waals surface area contributed by atoms with E-state index in [2.05, 4.69) is 17.9 Å². The van der Waals surface area contributed by atoms with Crippen LogP contribution in [-0.4, -0.2) is 18.4 Å². The number of carbonyl (C=O) groups is 2. The summed E-state index contributed by atoms with van der Waals surface area (Å²) in [5.41, 5.74) is 2.20. The number of benzene rings is 1. The van der Waals surface area contributed by atoms with Crippen LogP contribution in [0.1, 0.15) is 63.4 Å². The molecule has 1 aromatic carbocycles. The number of hydrogen-bond donors (Lipinski definition) is 0. The van der Waals surface area contributed by atoms with Crippen LogP contribution in [0.5, 0.6) is 5.75 Å². The third kappa shape index (κ3) is 5.98. The van der Waals surface area contributed by atoms with Gasteiger partial charge >= 0.3 is 29.6 Å². The molecule has 0 radical (unpaired) electrons. The molecule has 0 amide bonds. The van der Waals surface area contributed by atoms with Gasteiger partial charge in [0.1, 0.15) is 18.1 Å². The van der Waals surface area contributed by atoms with Gasteiger partial charge < -0.3 is 14.6 Å². The number of ether oxygens (including phenoxy) is 1. The van der Waals surface area contributed by atoms with Crippen LogP contribution in [0.2, 0.25) is 0 Å². The molecule has 3 rings (SSSR count). The number of aliphatic carboxylic acids is 1. The Morgan fingerprint density at radius 3 is 2.61 bits per heavy atom. The standard InChI is InChI=1S/C23H26O4.Na/c1-2-4-19(13-22(25)26)18-6-8-21(9-7-18)27-16-17-5-3-11-23(14-17)12-10-20(24)15-23;/h6-9,14,19H,3,5,10-13,15-16H2,1H3,(H,25,26);/q;+1/p-1/t19-,23-;/m0./s1. The van der Waals surface area contributed by atoms with E-state index in [4.69, 9.17) is 4.74 Å². The van der Waals surface area contributed by atoms with E-state index < -0.39 is 5.97 Å². The first kappa shape index (κ1) is 22.7. The molecule has 1 aromatic rings. The molecule has 28 heavy (non-hydrogen) atoms. The smallest absolute Gasteiger partial charge is 0.550 e. The van der Waals surface area contributed by atoms with Crippen LogP contribution in [0.25, 0.3) is 0 Å². The van der Waals surface area contributed by atoms with Gasteiger partial charge in [0.25, 0.3) is 0 Å². The molecule has 142 valence electrons. The minimum Gasteiger partial charge on any atom is -0.550 e.